The van der Waals surface area contributed by atoms with Crippen LogP contribution >= 0.6 is 22.9 Å². The number of hydrazone groups is 1. The molecule has 1 aromatic heterocycles. The molecule has 0 saturated heterocycles. The minimum Gasteiger partial charge on any atom is -0.461 e. The fraction of sp³-hybridized carbons (Fsp3) is 0.231. The monoisotopic (exact) mass is 324 g/mol. The largest absolute Gasteiger partial charge is 0.461 e. The molecule has 0 atom stereocenters. The molecule has 2 rings (SSSR count). The first-order valence-electron chi connectivity index (χ1n) is 6.17. The zero-order valence-electron chi connectivity index (χ0n) is 11.5. The third-order valence-corrected chi connectivity index (χ3v) is 3.61. The van der Waals surface area contributed by atoms with Crippen LogP contribution < -0.4 is 5.43 Å². The standard InChI is InChI=1S/C13H13ClN4O2S/c1-3-20-12(19)8(2)15-17-13-18-16-11(21-13)9-6-4-5-7-10(9)14/h4-7H,3H2,1-2H3,(H,17,18)/b15-8+. The molecule has 1 aromatic carbocycles. The number of hydrogen-bond acceptors (Lipinski definition) is 7. The van der Waals surface area contributed by atoms with Gasteiger partial charge >= 0.3 is 5.97 Å². The smallest absolute Gasteiger partial charge is 0.354 e. The molecule has 0 aliphatic heterocycles. The molecular formula is C13H13ClN4O2S. The van der Waals surface area contributed by atoms with Crippen molar-refractivity contribution in [2.24, 2.45) is 5.10 Å². The topological polar surface area (TPSA) is 76.5 Å². The van der Waals surface area contributed by atoms with Crippen molar-refractivity contribution in [2.75, 3.05) is 12.0 Å². The molecule has 0 radical (unpaired) electrons. The Hall–Kier alpha value is -1.99. The summed E-state index contributed by atoms with van der Waals surface area (Å²) in [6.07, 6.45) is 0. The number of esters is 1. The van der Waals surface area contributed by atoms with Gasteiger partial charge in [0.15, 0.2) is 5.01 Å². The molecule has 0 unspecified atom stereocenters. The van der Waals surface area contributed by atoms with Crippen LogP contribution in [0.15, 0.2) is 29.4 Å². The number of ether oxygens (including phenoxy) is 1. The second-order valence-electron chi connectivity index (χ2n) is 3.92. The highest BCUT2D eigenvalue weighted by atomic mass is 35.5. The Morgan fingerprint density at radius 2 is 2.19 bits per heavy atom. The summed E-state index contributed by atoms with van der Waals surface area (Å²) < 4.78 is 4.82. The first kappa shape index (κ1) is 15.4. The SMILES string of the molecule is CCOC(=O)/C(C)=N/Nc1nnc(-c2ccccc2Cl)s1. The normalized spacial score (nSPS) is 11.3. The predicted molar refractivity (Wildman–Crippen MR) is 83.7 cm³/mol. The van der Waals surface area contributed by atoms with E-state index in [2.05, 4.69) is 20.7 Å². The van der Waals surface area contributed by atoms with E-state index in [1.165, 1.54) is 11.3 Å². The average molecular weight is 325 g/mol. The van der Waals surface area contributed by atoms with Crippen molar-refractivity contribution in [1.29, 1.82) is 0 Å². The fourth-order valence-corrected chi connectivity index (χ4v) is 2.43. The van der Waals surface area contributed by atoms with Gasteiger partial charge in [0.25, 0.3) is 0 Å². The van der Waals surface area contributed by atoms with E-state index in [0.29, 0.717) is 21.8 Å². The Labute approximate surface area is 130 Å². The number of benzene rings is 1. The number of anilines is 1. The molecule has 0 saturated carbocycles. The number of halogens is 1. The maximum Gasteiger partial charge on any atom is 0.354 e. The van der Waals surface area contributed by atoms with E-state index >= 15 is 0 Å². The van der Waals surface area contributed by atoms with E-state index < -0.39 is 5.97 Å². The summed E-state index contributed by atoms with van der Waals surface area (Å²) in [4.78, 5) is 11.4. The first-order valence-corrected chi connectivity index (χ1v) is 7.37. The van der Waals surface area contributed by atoms with Crippen LogP contribution in [0.2, 0.25) is 5.02 Å². The summed E-state index contributed by atoms with van der Waals surface area (Å²) in [5.74, 6) is -0.471. The van der Waals surface area contributed by atoms with E-state index in [1.807, 2.05) is 18.2 Å². The number of rotatable bonds is 5. The Balaban J connectivity index is 2.09. The Bertz CT molecular complexity index is 672. The zero-order valence-corrected chi connectivity index (χ0v) is 13.0. The first-order chi connectivity index (χ1) is 10.1. The van der Waals surface area contributed by atoms with Gasteiger partial charge in [-0.2, -0.15) is 5.10 Å². The summed E-state index contributed by atoms with van der Waals surface area (Å²) >= 11 is 7.39. The minimum atomic E-state index is -0.471. The second kappa shape index (κ2) is 7.14. The molecular weight excluding hydrogens is 312 g/mol. The van der Waals surface area contributed by atoms with Crippen molar-refractivity contribution in [2.45, 2.75) is 13.8 Å². The number of carbonyl (C=O) groups is 1. The molecule has 0 spiro atoms. The Morgan fingerprint density at radius 1 is 1.43 bits per heavy atom. The van der Waals surface area contributed by atoms with Gasteiger partial charge < -0.3 is 4.74 Å². The highest BCUT2D eigenvalue weighted by Crippen LogP contribution is 2.31. The van der Waals surface area contributed by atoms with Gasteiger partial charge in [-0.15, -0.1) is 10.2 Å². The Kier molecular flexibility index (Phi) is 5.24. The quantitative estimate of drug-likeness (QED) is 0.519. The number of nitrogens with one attached hydrogen (secondary N) is 1. The van der Waals surface area contributed by atoms with Gasteiger partial charge in [-0.25, -0.2) is 4.79 Å². The van der Waals surface area contributed by atoms with Crippen molar-refractivity contribution >= 4 is 39.8 Å². The van der Waals surface area contributed by atoms with E-state index in [-0.39, 0.29) is 5.71 Å². The van der Waals surface area contributed by atoms with Crippen molar-refractivity contribution in [3.63, 3.8) is 0 Å². The molecule has 0 aliphatic carbocycles. The number of carbonyl (C=O) groups excluding carboxylic acids is 1. The third-order valence-electron chi connectivity index (χ3n) is 2.42. The molecule has 2 aromatic rings. The summed E-state index contributed by atoms with van der Waals surface area (Å²) in [5, 5.41) is 13.6. The second-order valence-corrected chi connectivity index (χ2v) is 5.31. The van der Waals surface area contributed by atoms with Crippen molar-refractivity contribution in [3.05, 3.63) is 29.3 Å². The van der Waals surface area contributed by atoms with Crippen LogP contribution in [-0.2, 0) is 9.53 Å². The molecule has 1 N–H and O–H groups in total. The maximum absolute atomic E-state index is 11.4. The lowest BCUT2D eigenvalue weighted by Crippen LogP contribution is -2.15. The molecule has 110 valence electrons. The molecule has 0 aliphatic rings. The van der Waals surface area contributed by atoms with Gasteiger partial charge in [-0.05, 0) is 19.9 Å². The molecule has 0 amide bonds. The van der Waals surface area contributed by atoms with Crippen LogP contribution in [0, 0.1) is 0 Å². The number of hydrogen-bond donors (Lipinski definition) is 1. The molecule has 0 bridgehead atoms. The number of aromatic nitrogens is 2. The van der Waals surface area contributed by atoms with Gasteiger partial charge in [0, 0.05) is 5.56 Å². The van der Waals surface area contributed by atoms with Crippen molar-refractivity contribution < 1.29 is 9.53 Å². The van der Waals surface area contributed by atoms with Gasteiger partial charge in [-0.1, -0.05) is 41.1 Å². The van der Waals surface area contributed by atoms with Crippen molar-refractivity contribution in [1.82, 2.24) is 10.2 Å². The summed E-state index contributed by atoms with van der Waals surface area (Å²) in [6, 6.07) is 7.37. The molecule has 0 fully saturated rings. The highest BCUT2D eigenvalue weighted by Gasteiger charge is 2.10. The molecule has 8 heteroatoms. The summed E-state index contributed by atoms with van der Waals surface area (Å²) in [7, 11) is 0. The summed E-state index contributed by atoms with van der Waals surface area (Å²) in [5.41, 5.74) is 3.70. The van der Waals surface area contributed by atoms with Crippen molar-refractivity contribution in [3.8, 4) is 10.6 Å². The zero-order chi connectivity index (χ0) is 15.2. The van der Waals surface area contributed by atoms with Crippen LogP contribution in [0.3, 0.4) is 0 Å². The molecule has 6 nitrogen and oxygen atoms in total. The predicted octanol–water partition coefficient (Wildman–Crippen LogP) is 3.21. The van der Waals surface area contributed by atoms with E-state index in [9.17, 15) is 4.79 Å². The van der Waals surface area contributed by atoms with Gasteiger partial charge in [0.1, 0.15) is 5.71 Å². The number of nitrogens with zero attached hydrogens (tertiary/aromatic N) is 3. The van der Waals surface area contributed by atoms with Crippen LogP contribution in [0.25, 0.3) is 10.6 Å². The van der Waals surface area contributed by atoms with E-state index in [1.54, 1.807) is 19.9 Å². The lowest BCUT2D eigenvalue weighted by Gasteiger charge is -2.00. The minimum absolute atomic E-state index is 0.214. The van der Waals surface area contributed by atoms with Crippen LogP contribution in [-0.4, -0.2) is 28.5 Å². The van der Waals surface area contributed by atoms with Gasteiger partial charge in [0.2, 0.25) is 5.13 Å². The molecule has 21 heavy (non-hydrogen) atoms. The molecule has 1 heterocycles. The summed E-state index contributed by atoms with van der Waals surface area (Å²) in [6.45, 7) is 3.60. The Morgan fingerprint density at radius 3 is 2.90 bits per heavy atom. The van der Waals surface area contributed by atoms with E-state index in [0.717, 1.165) is 5.56 Å². The van der Waals surface area contributed by atoms with Crippen LogP contribution in [0.4, 0.5) is 5.13 Å². The van der Waals surface area contributed by atoms with Crippen LogP contribution in [0.5, 0.6) is 0 Å². The lowest BCUT2D eigenvalue weighted by molar-refractivity contribution is -0.135. The third kappa shape index (κ3) is 3.99. The van der Waals surface area contributed by atoms with E-state index in [4.69, 9.17) is 16.3 Å². The lowest BCUT2D eigenvalue weighted by atomic mass is 10.2. The van der Waals surface area contributed by atoms with Gasteiger partial charge in [-0.3, -0.25) is 5.43 Å². The van der Waals surface area contributed by atoms with Crippen LogP contribution in [0.1, 0.15) is 13.8 Å². The average Bonchev–Trinajstić information content (AvgIpc) is 2.94. The van der Waals surface area contributed by atoms with Gasteiger partial charge in [0.05, 0.1) is 11.6 Å². The maximum atomic E-state index is 11.4. The highest BCUT2D eigenvalue weighted by molar-refractivity contribution is 7.18. The fourth-order valence-electron chi connectivity index (χ4n) is 1.42.